The summed E-state index contributed by atoms with van der Waals surface area (Å²) < 4.78 is 11.2. The molecule has 1 aromatic carbocycles. The van der Waals surface area contributed by atoms with E-state index in [9.17, 15) is 5.11 Å². The number of nitrogens with zero attached hydrogens (tertiary/aromatic N) is 1. The largest absolute Gasteiger partial charge is 0.490 e. The highest BCUT2D eigenvalue weighted by atomic mass is 16.5. The normalized spacial score (nSPS) is 11.9. The number of hydrogen-bond donors (Lipinski definition) is 1. The van der Waals surface area contributed by atoms with Crippen LogP contribution in [0.5, 0.6) is 17.2 Å². The molecule has 0 bridgehead atoms. The summed E-state index contributed by atoms with van der Waals surface area (Å²) in [5, 5.41) is 9.40. The van der Waals surface area contributed by atoms with Gasteiger partial charge in [0.2, 0.25) is 0 Å². The van der Waals surface area contributed by atoms with Crippen molar-refractivity contribution in [2.45, 2.75) is 20.0 Å². The molecule has 1 aromatic heterocycles. The van der Waals surface area contributed by atoms with Crippen molar-refractivity contribution in [1.82, 2.24) is 4.98 Å². The van der Waals surface area contributed by atoms with Crippen LogP contribution in [0.2, 0.25) is 0 Å². The quantitative estimate of drug-likeness (QED) is 0.894. The van der Waals surface area contributed by atoms with Crippen molar-refractivity contribution in [2.75, 3.05) is 6.61 Å². The van der Waals surface area contributed by atoms with Crippen LogP contribution in [0.4, 0.5) is 0 Å². The Morgan fingerprint density at radius 2 is 1.89 bits per heavy atom. The summed E-state index contributed by atoms with van der Waals surface area (Å²) in [4.78, 5) is 4.13. The zero-order valence-electron chi connectivity index (χ0n) is 11.0. The van der Waals surface area contributed by atoms with Crippen molar-refractivity contribution < 1.29 is 14.6 Å². The molecule has 1 N–H and O–H groups in total. The molecule has 19 heavy (non-hydrogen) atoms. The van der Waals surface area contributed by atoms with E-state index in [0.29, 0.717) is 29.5 Å². The molecule has 2 rings (SSSR count). The first-order chi connectivity index (χ1) is 9.20. The maximum absolute atomic E-state index is 9.40. The van der Waals surface area contributed by atoms with Crippen LogP contribution in [0, 0.1) is 0 Å². The van der Waals surface area contributed by atoms with Crippen molar-refractivity contribution >= 4 is 0 Å². The second-order valence-electron chi connectivity index (χ2n) is 4.08. The number of pyridine rings is 1. The Labute approximate surface area is 112 Å². The van der Waals surface area contributed by atoms with Crippen LogP contribution < -0.4 is 9.47 Å². The number of hydrogen-bond acceptors (Lipinski definition) is 4. The Balaban J connectivity index is 2.16. The zero-order valence-corrected chi connectivity index (χ0v) is 11.0. The number of para-hydroxylation sites is 2. The van der Waals surface area contributed by atoms with Gasteiger partial charge in [-0.05, 0) is 38.1 Å². The number of aromatic nitrogens is 1. The fourth-order valence-corrected chi connectivity index (χ4v) is 1.64. The third-order valence-electron chi connectivity index (χ3n) is 2.56. The van der Waals surface area contributed by atoms with Crippen molar-refractivity contribution in [3.05, 3.63) is 48.3 Å². The van der Waals surface area contributed by atoms with Crippen LogP contribution in [-0.4, -0.2) is 16.7 Å². The van der Waals surface area contributed by atoms with E-state index in [-0.39, 0.29) is 0 Å². The molecule has 0 saturated carbocycles. The van der Waals surface area contributed by atoms with E-state index >= 15 is 0 Å². The first-order valence-electron chi connectivity index (χ1n) is 6.24. The topological polar surface area (TPSA) is 51.6 Å². The molecule has 0 spiro atoms. The van der Waals surface area contributed by atoms with Gasteiger partial charge < -0.3 is 14.6 Å². The molecule has 0 amide bonds. The van der Waals surface area contributed by atoms with Gasteiger partial charge in [0.15, 0.2) is 11.5 Å². The van der Waals surface area contributed by atoms with Crippen molar-refractivity contribution in [3.63, 3.8) is 0 Å². The summed E-state index contributed by atoms with van der Waals surface area (Å²) in [5.41, 5.74) is 0.616. The van der Waals surface area contributed by atoms with Gasteiger partial charge >= 0.3 is 0 Å². The second kappa shape index (κ2) is 6.20. The number of ether oxygens (including phenoxy) is 2. The van der Waals surface area contributed by atoms with Crippen LogP contribution in [0.3, 0.4) is 0 Å². The van der Waals surface area contributed by atoms with Crippen LogP contribution in [-0.2, 0) is 0 Å². The minimum atomic E-state index is -0.579. The highest BCUT2D eigenvalue weighted by Crippen LogP contribution is 2.31. The van der Waals surface area contributed by atoms with Crippen molar-refractivity contribution in [3.8, 4) is 17.2 Å². The first kappa shape index (κ1) is 13.4. The van der Waals surface area contributed by atoms with Crippen LogP contribution in [0.1, 0.15) is 25.6 Å². The second-order valence-corrected chi connectivity index (χ2v) is 4.08. The lowest BCUT2D eigenvalue weighted by molar-refractivity contribution is 0.194. The minimum Gasteiger partial charge on any atom is -0.490 e. The van der Waals surface area contributed by atoms with Gasteiger partial charge in [0.25, 0.3) is 0 Å². The Kier molecular flexibility index (Phi) is 4.36. The van der Waals surface area contributed by atoms with Crippen molar-refractivity contribution in [1.29, 1.82) is 0 Å². The third-order valence-corrected chi connectivity index (χ3v) is 2.56. The lowest BCUT2D eigenvalue weighted by Crippen LogP contribution is -1.97. The number of aliphatic hydroxyl groups excluding tert-OH is 1. The third kappa shape index (κ3) is 3.45. The smallest absolute Gasteiger partial charge is 0.169 e. The predicted molar refractivity (Wildman–Crippen MR) is 72.6 cm³/mol. The molecule has 2 aromatic rings. The summed E-state index contributed by atoms with van der Waals surface area (Å²) in [6.45, 7) is 4.18. The van der Waals surface area contributed by atoms with Gasteiger partial charge in [0, 0.05) is 0 Å². The minimum absolute atomic E-state index is 0.579. The van der Waals surface area contributed by atoms with E-state index in [4.69, 9.17) is 9.47 Å². The standard InChI is InChI=1S/C15H17NO3/c1-3-18-14-6-4-5-7-15(14)19-12-8-9-13(11(2)17)16-10-12/h4-11,17H,3H2,1-2H3/t11-/m1/s1. The molecule has 0 fully saturated rings. The molecule has 0 aliphatic heterocycles. The highest BCUT2D eigenvalue weighted by Gasteiger charge is 2.06. The predicted octanol–water partition coefficient (Wildman–Crippen LogP) is 3.33. The zero-order chi connectivity index (χ0) is 13.7. The fourth-order valence-electron chi connectivity index (χ4n) is 1.64. The highest BCUT2D eigenvalue weighted by molar-refractivity contribution is 5.42. The summed E-state index contributed by atoms with van der Waals surface area (Å²) in [6.07, 6.45) is 1.01. The lowest BCUT2D eigenvalue weighted by atomic mass is 10.2. The number of aliphatic hydroxyl groups is 1. The maximum Gasteiger partial charge on any atom is 0.169 e. The lowest BCUT2D eigenvalue weighted by Gasteiger charge is -2.11. The van der Waals surface area contributed by atoms with Gasteiger partial charge in [-0.2, -0.15) is 0 Å². The molecule has 4 nitrogen and oxygen atoms in total. The van der Waals surface area contributed by atoms with Crippen LogP contribution in [0.15, 0.2) is 42.6 Å². The molecule has 0 aliphatic rings. The maximum atomic E-state index is 9.40. The van der Waals surface area contributed by atoms with Crippen LogP contribution in [0.25, 0.3) is 0 Å². The number of rotatable bonds is 5. The van der Waals surface area contributed by atoms with E-state index in [1.165, 1.54) is 0 Å². The molecular weight excluding hydrogens is 242 g/mol. The van der Waals surface area contributed by atoms with Gasteiger partial charge in [-0.1, -0.05) is 12.1 Å². The van der Waals surface area contributed by atoms with Gasteiger partial charge in [-0.15, -0.1) is 0 Å². The molecule has 0 saturated heterocycles. The summed E-state index contributed by atoms with van der Waals surface area (Å²) in [5.74, 6) is 1.96. The molecule has 1 atom stereocenters. The average molecular weight is 259 g/mol. The Bertz CT molecular complexity index is 523. The van der Waals surface area contributed by atoms with E-state index in [1.54, 1.807) is 25.3 Å². The average Bonchev–Trinajstić information content (AvgIpc) is 2.42. The Hall–Kier alpha value is -2.07. The fraction of sp³-hybridized carbons (Fsp3) is 0.267. The Morgan fingerprint density at radius 3 is 2.47 bits per heavy atom. The Morgan fingerprint density at radius 1 is 1.16 bits per heavy atom. The van der Waals surface area contributed by atoms with Crippen LogP contribution >= 0.6 is 0 Å². The van der Waals surface area contributed by atoms with Crippen molar-refractivity contribution in [2.24, 2.45) is 0 Å². The molecule has 100 valence electrons. The first-order valence-corrected chi connectivity index (χ1v) is 6.24. The van der Waals surface area contributed by atoms with E-state index in [2.05, 4.69) is 4.98 Å². The summed E-state index contributed by atoms with van der Waals surface area (Å²) in [7, 11) is 0. The monoisotopic (exact) mass is 259 g/mol. The molecular formula is C15H17NO3. The molecule has 0 unspecified atom stereocenters. The van der Waals surface area contributed by atoms with Gasteiger partial charge in [-0.3, -0.25) is 4.98 Å². The molecule has 1 heterocycles. The molecule has 4 heteroatoms. The van der Waals surface area contributed by atoms with E-state index in [1.807, 2.05) is 31.2 Å². The summed E-state index contributed by atoms with van der Waals surface area (Å²) >= 11 is 0. The van der Waals surface area contributed by atoms with E-state index < -0.39 is 6.10 Å². The molecule has 0 aliphatic carbocycles. The summed E-state index contributed by atoms with van der Waals surface area (Å²) in [6, 6.07) is 11.0. The number of benzene rings is 1. The van der Waals surface area contributed by atoms with Gasteiger partial charge in [0.05, 0.1) is 24.6 Å². The van der Waals surface area contributed by atoms with E-state index in [0.717, 1.165) is 0 Å². The van der Waals surface area contributed by atoms with Gasteiger partial charge in [-0.25, -0.2) is 0 Å². The van der Waals surface area contributed by atoms with Gasteiger partial charge in [0.1, 0.15) is 5.75 Å². The molecule has 0 radical (unpaired) electrons. The SMILES string of the molecule is CCOc1ccccc1Oc1ccc([C@@H](C)O)nc1.